The predicted octanol–water partition coefficient (Wildman–Crippen LogP) is 10.6. The Hall–Kier alpha value is 0.430. The van der Waals surface area contributed by atoms with Crippen LogP contribution in [0, 0.1) is 0 Å². The van der Waals surface area contributed by atoms with E-state index in [1.807, 2.05) is 0 Å². The van der Waals surface area contributed by atoms with E-state index in [1.165, 1.54) is 122 Å². The SMILES string of the molecule is CCCCCCCCCCCCCCCCCCC[PH](CCC)(CCC)CCC. The molecule has 0 heterocycles. The topological polar surface area (TPSA) is 0 Å². The van der Waals surface area contributed by atoms with E-state index in [0.29, 0.717) is 0 Å². The first-order valence-electron chi connectivity index (χ1n) is 14.2. The maximum atomic E-state index is 2.42. The van der Waals surface area contributed by atoms with E-state index in [2.05, 4.69) is 27.7 Å². The second-order valence-electron chi connectivity index (χ2n) is 10.2. The standard InChI is InChI=1S/C28H61P/c1-5-9-10-11-12-13-14-15-16-17-18-19-20-21-22-23-24-28-29(25-6-2,26-7-3)27-8-4/h29H,5-28H2,1-4H3. The van der Waals surface area contributed by atoms with Gasteiger partial charge >= 0.3 is 143 Å². The normalized spacial score (nSPS) is 12.6. The molecule has 0 nitrogen and oxygen atoms in total. The molecule has 0 aromatic carbocycles. The summed E-state index contributed by atoms with van der Waals surface area (Å²) >= 11 is 0. The molecular weight excluding hydrogens is 367 g/mol. The molecule has 0 aliphatic heterocycles. The van der Waals surface area contributed by atoms with Gasteiger partial charge in [-0.2, -0.15) is 0 Å². The summed E-state index contributed by atoms with van der Waals surface area (Å²) in [7, 11) is -0.905. The van der Waals surface area contributed by atoms with E-state index in [9.17, 15) is 0 Å². The molecule has 29 heavy (non-hydrogen) atoms. The Kier molecular flexibility index (Phi) is 23.4. The minimum atomic E-state index is -0.905. The molecule has 0 atom stereocenters. The summed E-state index contributed by atoms with van der Waals surface area (Å²) in [5, 5.41) is 0. The third-order valence-corrected chi connectivity index (χ3v) is 13.2. The van der Waals surface area contributed by atoms with E-state index in [1.54, 1.807) is 31.1 Å². The van der Waals surface area contributed by atoms with E-state index >= 15 is 0 Å². The summed E-state index contributed by atoms with van der Waals surface area (Å²) in [6.07, 6.45) is 36.0. The first-order valence-corrected chi connectivity index (χ1v) is 17.1. The zero-order valence-corrected chi connectivity index (χ0v) is 22.5. The summed E-state index contributed by atoms with van der Waals surface area (Å²) in [6.45, 7) is 9.56. The number of hydrogen-bond acceptors (Lipinski definition) is 0. The molecule has 0 unspecified atom stereocenters. The van der Waals surface area contributed by atoms with Gasteiger partial charge < -0.3 is 0 Å². The van der Waals surface area contributed by atoms with Gasteiger partial charge in [-0.3, -0.25) is 0 Å². The third-order valence-electron chi connectivity index (χ3n) is 7.15. The molecular formula is C28H61P. The number of hydrogen-bond donors (Lipinski definition) is 0. The average Bonchev–Trinajstić information content (AvgIpc) is 2.71. The van der Waals surface area contributed by atoms with Crippen LogP contribution in [0.25, 0.3) is 0 Å². The van der Waals surface area contributed by atoms with Crippen LogP contribution in [-0.4, -0.2) is 24.6 Å². The van der Waals surface area contributed by atoms with Crippen LogP contribution in [0.2, 0.25) is 0 Å². The Morgan fingerprint density at radius 1 is 0.276 bits per heavy atom. The van der Waals surface area contributed by atoms with Gasteiger partial charge in [0, 0.05) is 0 Å². The summed E-state index contributed by atoms with van der Waals surface area (Å²) in [5.41, 5.74) is 0. The van der Waals surface area contributed by atoms with Crippen LogP contribution < -0.4 is 0 Å². The second-order valence-corrected chi connectivity index (χ2v) is 15.2. The van der Waals surface area contributed by atoms with Crippen LogP contribution in [0.3, 0.4) is 0 Å². The van der Waals surface area contributed by atoms with E-state index < -0.39 is 7.26 Å². The molecule has 0 aromatic heterocycles. The monoisotopic (exact) mass is 428 g/mol. The van der Waals surface area contributed by atoms with Crippen molar-refractivity contribution in [2.24, 2.45) is 0 Å². The molecule has 0 radical (unpaired) electrons. The molecule has 0 spiro atoms. The number of unbranched alkanes of at least 4 members (excludes halogenated alkanes) is 16. The van der Waals surface area contributed by atoms with Crippen molar-refractivity contribution in [3.8, 4) is 0 Å². The Morgan fingerprint density at radius 2 is 0.552 bits per heavy atom. The molecule has 0 aromatic rings. The van der Waals surface area contributed by atoms with Gasteiger partial charge in [0.05, 0.1) is 0 Å². The first-order chi connectivity index (χ1) is 14.2. The van der Waals surface area contributed by atoms with Crippen molar-refractivity contribution in [1.82, 2.24) is 0 Å². The van der Waals surface area contributed by atoms with Crippen molar-refractivity contribution in [2.75, 3.05) is 24.6 Å². The van der Waals surface area contributed by atoms with Crippen molar-refractivity contribution in [3.63, 3.8) is 0 Å². The summed E-state index contributed by atoms with van der Waals surface area (Å²) in [5.74, 6) is 0. The fourth-order valence-electron chi connectivity index (χ4n) is 5.57. The average molecular weight is 429 g/mol. The van der Waals surface area contributed by atoms with Crippen molar-refractivity contribution in [2.45, 2.75) is 156 Å². The quantitative estimate of drug-likeness (QED) is 0.106. The van der Waals surface area contributed by atoms with Crippen molar-refractivity contribution >= 4 is 7.26 Å². The van der Waals surface area contributed by atoms with Crippen LogP contribution in [0.5, 0.6) is 0 Å². The molecule has 0 fully saturated rings. The molecule has 0 saturated carbocycles. The fraction of sp³-hybridized carbons (Fsp3) is 1.00. The van der Waals surface area contributed by atoms with Gasteiger partial charge in [0.25, 0.3) is 0 Å². The van der Waals surface area contributed by atoms with Crippen LogP contribution in [0.4, 0.5) is 0 Å². The van der Waals surface area contributed by atoms with Gasteiger partial charge in [-0.25, -0.2) is 0 Å². The summed E-state index contributed by atoms with van der Waals surface area (Å²) < 4.78 is 0. The van der Waals surface area contributed by atoms with Gasteiger partial charge in [0.1, 0.15) is 0 Å². The number of rotatable bonds is 24. The molecule has 1 heteroatoms. The maximum absolute atomic E-state index is 2.42. The third kappa shape index (κ3) is 18.9. The first kappa shape index (κ1) is 29.4. The van der Waals surface area contributed by atoms with Gasteiger partial charge in [0.15, 0.2) is 0 Å². The zero-order chi connectivity index (χ0) is 21.5. The van der Waals surface area contributed by atoms with E-state index in [0.717, 1.165) is 0 Å². The summed E-state index contributed by atoms with van der Waals surface area (Å²) in [6, 6.07) is 0. The summed E-state index contributed by atoms with van der Waals surface area (Å²) in [4.78, 5) is 0. The van der Waals surface area contributed by atoms with Crippen LogP contribution in [-0.2, 0) is 0 Å². The molecule has 0 aliphatic rings. The van der Waals surface area contributed by atoms with Crippen LogP contribution in [0.15, 0.2) is 0 Å². The molecule has 178 valence electrons. The van der Waals surface area contributed by atoms with Crippen molar-refractivity contribution in [1.29, 1.82) is 0 Å². The molecule has 0 amide bonds. The van der Waals surface area contributed by atoms with E-state index in [-0.39, 0.29) is 0 Å². The molecule has 0 aliphatic carbocycles. The Bertz CT molecular complexity index is 282. The van der Waals surface area contributed by atoms with Gasteiger partial charge in [0.2, 0.25) is 0 Å². The van der Waals surface area contributed by atoms with E-state index in [4.69, 9.17) is 0 Å². The fourth-order valence-corrected chi connectivity index (χ4v) is 11.2. The molecule has 0 saturated heterocycles. The van der Waals surface area contributed by atoms with Crippen LogP contribution >= 0.6 is 7.26 Å². The van der Waals surface area contributed by atoms with Crippen LogP contribution in [0.1, 0.15) is 156 Å². The molecule has 0 rings (SSSR count). The van der Waals surface area contributed by atoms with Gasteiger partial charge in [-0.15, -0.1) is 0 Å². The predicted molar refractivity (Wildman–Crippen MR) is 143 cm³/mol. The van der Waals surface area contributed by atoms with Crippen molar-refractivity contribution < 1.29 is 0 Å². The Labute approximate surface area is 188 Å². The van der Waals surface area contributed by atoms with Gasteiger partial charge in [-0.1, -0.05) is 45.4 Å². The Morgan fingerprint density at radius 3 is 0.828 bits per heavy atom. The molecule has 0 N–H and O–H groups in total. The minimum absolute atomic E-state index is 0.905. The Balaban J connectivity index is 3.43. The zero-order valence-electron chi connectivity index (χ0n) is 21.5. The second kappa shape index (κ2) is 23.1. The van der Waals surface area contributed by atoms with Gasteiger partial charge in [-0.05, 0) is 0 Å². The molecule has 0 bridgehead atoms. The van der Waals surface area contributed by atoms with Crippen molar-refractivity contribution in [3.05, 3.63) is 0 Å².